The summed E-state index contributed by atoms with van der Waals surface area (Å²) < 4.78 is 5.80. The molecule has 8 heteroatoms. The number of imide groups is 1. The van der Waals surface area contributed by atoms with Gasteiger partial charge in [-0.15, -0.1) is 0 Å². The zero-order chi connectivity index (χ0) is 23.9. The van der Waals surface area contributed by atoms with Crippen molar-refractivity contribution in [1.29, 1.82) is 0 Å². The molecule has 4 heterocycles. The number of hydrogen-bond donors (Lipinski definition) is 1. The fourth-order valence-corrected chi connectivity index (χ4v) is 6.08. The van der Waals surface area contributed by atoms with Crippen molar-refractivity contribution < 1.29 is 19.1 Å². The molecule has 2 saturated heterocycles. The second-order valence-corrected chi connectivity index (χ2v) is 10.8. The predicted octanol–water partition coefficient (Wildman–Crippen LogP) is 3.83. The lowest BCUT2D eigenvalue weighted by Crippen LogP contribution is -2.48. The first-order chi connectivity index (χ1) is 16.3. The molecule has 7 nitrogen and oxygen atoms in total. The standard InChI is InChI=1S/C26H31N3O4S/c1-26(2)14-19(8-12-33-26)29-24(31)20-4-3-5-21(22(20)25(29)32)28-10-6-18(7-11-28)23(30)27-15-17-9-13-34-16-17/h3-5,9,13,16,18-19H,6-8,10-12,14-15H2,1-2H3,(H,27,30)/t19-/m0/s1. The zero-order valence-corrected chi connectivity index (χ0v) is 20.5. The molecule has 3 amide bonds. The monoisotopic (exact) mass is 481 g/mol. The van der Waals surface area contributed by atoms with Crippen LogP contribution in [0, 0.1) is 5.92 Å². The molecule has 0 spiro atoms. The van der Waals surface area contributed by atoms with Gasteiger partial charge in [-0.25, -0.2) is 0 Å². The number of nitrogens with zero attached hydrogens (tertiary/aromatic N) is 2. The fourth-order valence-electron chi connectivity index (χ4n) is 5.41. The Bertz CT molecular complexity index is 1090. The van der Waals surface area contributed by atoms with Crippen LogP contribution >= 0.6 is 11.3 Å². The van der Waals surface area contributed by atoms with Crippen LogP contribution in [0.5, 0.6) is 0 Å². The normalized spacial score (nSPS) is 22.7. The third kappa shape index (κ3) is 4.36. The molecule has 0 aliphatic carbocycles. The van der Waals surface area contributed by atoms with Crippen molar-refractivity contribution in [1.82, 2.24) is 10.2 Å². The quantitative estimate of drug-likeness (QED) is 0.657. The van der Waals surface area contributed by atoms with Gasteiger partial charge in [-0.3, -0.25) is 19.3 Å². The second-order valence-electron chi connectivity index (χ2n) is 10.0. The molecule has 34 heavy (non-hydrogen) atoms. The first kappa shape index (κ1) is 23.1. The Labute approximate surface area is 204 Å². The molecule has 1 aromatic heterocycles. The highest BCUT2D eigenvalue weighted by Crippen LogP contribution is 2.38. The number of thiophene rings is 1. The molecule has 1 N–H and O–H groups in total. The van der Waals surface area contributed by atoms with Gasteiger partial charge in [-0.05, 0) is 74.1 Å². The van der Waals surface area contributed by atoms with Gasteiger partial charge in [-0.2, -0.15) is 11.3 Å². The Hall–Kier alpha value is -2.71. The van der Waals surface area contributed by atoms with Crippen molar-refractivity contribution in [3.05, 3.63) is 51.7 Å². The van der Waals surface area contributed by atoms with E-state index in [1.165, 1.54) is 4.90 Å². The van der Waals surface area contributed by atoms with E-state index in [0.29, 0.717) is 50.2 Å². The van der Waals surface area contributed by atoms with E-state index in [1.807, 2.05) is 42.8 Å². The molecule has 2 aromatic rings. The number of amides is 3. The Morgan fingerprint density at radius 3 is 2.65 bits per heavy atom. The number of fused-ring (bicyclic) bond motifs is 1. The smallest absolute Gasteiger partial charge is 0.263 e. The SMILES string of the molecule is CC1(C)C[C@@H](N2C(=O)c3cccc(N4CCC(C(=O)NCc5ccsc5)CC4)c3C2=O)CCO1. The molecule has 5 rings (SSSR count). The highest BCUT2D eigenvalue weighted by molar-refractivity contribution is 7.07. The molecule has 1 aromatic carbocycles. The van der Waals surface area contributed by atoms with E-state index in [1.54, 1.807) is 17.4 Å². The van der Waals surface area contributed by atoms with Gasteiger partial charge in [0.1, 0.15) is 0 Å². The molecular weight excluding hydrogens is 450 g/mol. The minimum Gasteiger partial charge on any atom is -0.375 e. The van der Waals surface area contributed by atoms with Crippen LogP contribution < -0.4 is 10.2 Å². The summed E-state index contributed by atoms with van der Waals surface area (Å²) in [6.07, 6.45) is 2.74. The Morgan fingerprint density at radius 1 is 1.15 bits per heavy atom. The van der Waals surface area contributed by atoms with E-state index in [0.717, 1.165) is 24.1 Å². The minimum absolute atomic E-state index is 0.0371. The van der Waals surface area contributed by atoms with Gasteiger partial charge in [0, 0.05) is 38.2 Å². The van der Waals surface area contributed by atoms with Crippen molar-refractivity contribution >= 4 is 34.7 Å². The number of carbonyl (C=O) groups is 3. The summed E-state index contributed by atoms with van der Waals surface area (Å²) in [5, 5.41) is 7.10. The highest BCUT2D eigenvalue weighted by atomic mass is 32.1. The topological polar surface area (TPSA) is 79.0 Å². The molecular formula is C26H31N3O4S. The van der Waals surface area contributed by atoms with Crippen molar-refractivity contribution in [3.63, 3.8) is 0 Å². The summed E-state index contributed by atoms with van der Waals surface area (Å²) in [4.78, 5) is 43.0. The number of rotatable bonds is 5. The van der Waals surface area contributed by atoms with E-state index in [9.17, 15) is 14.4 Å². The predicted molar refractivity (Wildman–Crippen MR) is 131 cm³/mol. The number of ether oxygens (including phenoxy) is 1. The number of benzene rings is 1. The first-order valence-electron chi connectivity index (χ1n) is 12.0. The lowest BCUT2D eigenvalue weighted by Gasteiger charge is -2.39. The summed E-state index contributed by atoms with van der Waals surface area (Å²) >= 11 is 1.62. The van der Waals surface area contributed by atoms with Crippen LogP contribution in [0.15, 0.2) is 35.0 Å². The largest absolute Gasteiger partial charge is 0.375 e. The maximum absolute atomic E-state index is 13.5. The van der Waals surface area contributed by atoms with Gasteiger partial charge in [0.05, 0.1) is 22.4 Å². The number of carbonyl (C=O) groups excluding carboxylic acids is 3. The van der Waals surface area contributed by atoms with Crippen molar-refractivity contribution in [2.75, 3.05) is 24.6 Å². The Balaban J connectivity index is 1.27. The Kier molecular flexibility index (Phi) is 6.20. The van der Waals surface area contributed by atoms with Crippen LogP contribution in [0.1, 0.15) is 65.8 Å². The van der Waals surface area contributed by atoms with Crippen molar-refractivity contribution in [2.45, 2.75) is 57.7 Å². The summed E-state index contributed by atoms with van der Waals surface area (Å²) in [7, 11) is 0. The second kappa shape index (κ2) is 9.15. The number of hydrogen-bond acceptors (Lipinski definition) is 6. The zero-order valence-electron chi connectivity index (χ0n) is 19.7. The first-order valence-corrected chi connectivity index (χ1v) is 13.0. The van der Waals surface area contributed by atoms with Crippen LogP contribution in [0.25, 0.3) is 0 Å². The summed E-state index contributed by atoms with van der Waals surface area (Å²) in [6, 6.07) is 7.41. The summed E-state index contributed by atoms with van der Waals surface area (Å²) in [5.74, 6) is -0.352. The molecule has 0 bridgehead atoms. The van der Waals surface area contributed by atoms with Crippen molar-refractivity contribution in [3.8, 4) is 0 Å². The average Bonchev–Trinajstić information content (AvgIpc) is 3.43. The van der Waals surface area contributed by atoms with Crippen LogP contribution in [0.2, 0.25) is 0 Å². The van der Waals surface area contributed by atoms with Gasteiger partial charge in [0.25, 0.3) is 11.8 Å². The molecule has 180 valence electrons. The van der Waals surface area contributed by atoms with Crippen LogP contribution in [-0.2, 0) is 16.1 Å². The van der Waals surface area contributed by atoms with Gasteiger partial charge < -0.3 is 15.0 Å². The van der Waals surface area contributed by atoms with E-state index >= 15 is 0 Å². The van der Waals surface area contributed by atoms with Gasteiger partial charge in [0.15, 0.2) is 0 Å². The number of piperidine rings is 1. The van der Waals surface area contributed by atoms with E-state index in [2.05, 4.69) is 10.2 Å². The molecule has 1 atom stereocenters. The fraction of sp³-hybridized carbons (Fsp3) is 0.500. The summed E-state index contributed by atoms with van der Waals surface area (Å²) in [6.45, 7) is 6.47. The number of anilines is 1. The van der Waals surface area contributed by atoms with E-state index < -0.39 is 0 Å². The molecule has 3 aliphatic rings. The van der Waals surface area contributed by atoms with Crippen molar-refractivity contribution in [2.24, 2.45) is 5.92 Å². The lowest BCUT2D eigenvalue weighted by molar-refractivity contribution is -0.125. The van der Waals surface area contributed by atoms with Crippen LogP contribution in [-0.4, -0.2) is 54.0 Å². The average molecular weight is 482 g/mol. The third-order valence-electron chi connectivity index (χ3n) is 7.21. The minimum atomic E-state index is -0.354. The maximum Gasteiger partial charge on any atom is 0.263 e. The third-order valence-corrected chi connectivity index (χ3v) is 7.95. The van der Waals surface area contributed by atoms with Crippen LogP contribution in [0.3, 0.4) is 0 Å². The Morgan fingerprint density at radius 2 is 1.94 bits per heavy atom. The van der Waals surface area contributed by atoms with Gasteiger partial charge >= 0.3 is 0 Å². The highest BCUT2D eigenvalue weighted by Gasteiger charge is 2.45. The maximum atomic E-state index is 13.5. The van der Waals surface area contributed by atoms with Gasteiger partial charge in [-0.1, -0.05) is 6.07 Å². The molecule has 3 aliphatic heterocycles. The van der Waals surface area contributed by atoms with Crippen LogP contribution in [0.4, 0.5) is 5.69 Å². The van der Waals surface area contributed by atoms with E-state index in [-0.39, 0.29) is 35.3 Å². The number of nitrogens with one attached hydrogen (secondary N) is 1. The molecule has 2 fully saturated rings. The molecule has 0 radical (unpaired) electrons. The lowest BCUT2D eigenvalue weighted by atomic mass is 9.93. The molecule has 0 unspecified atom stereocenters. The van der Waals surface area contributed by atoms with Gasteiger partial charge in [0.2, 0.25) is 5.91 Å². The summed E-state index contributed by atoms with van der Waals surface area (Å²) in [5.41, 5.74) is 2.57. The van der Waals surface area contributed by atoms with E-state index in [4.69, 9.17) is 4.74 Å². The molecule has 0 saturated carbocycles.